The fourth-order valence-corrected chi connectivity index (χ4v) is 4.79. The zero-order chi connectivity index (χ0) is 25.0. The van der Waals surface area contributed by atoms with Crippen LogP contribution < -0.4 is 4.74 Å². The van der Waals surface area contributed by atoms with Crippen molar-refractivity contribution >= 4 is 5.69 Å². The van der Waals surface area contributed by atoms with E-state index in [0.717, 1.165) is 64.1 Å². The van der Waals surface area contributed by atoms with Crippen LogP contribution >= 0.6 is 0 Å². The summed E-state index contributed by atoms with van der Waals surface area (Å²) >= 11 is 0. The zero-order valence-electron chi connectivity index (χ0n) is 22.3. The summed E-state index contributed by atoms with van der Waals surface area (Å²) in [5, 5.41) is 11.6. The maximum atomic E-state index is 11.6. The average Bonchev–Trinajstić information content (AvgIpc) is 2.87. The van der Waals surface area contributed by atoms with Crippen LogP contribution in [0.4, 0.5) is 5.69 Å². The van der Waals surface area contributed by atoms with E-state index in [1.54, 1.807) is 12.1 Å². The van der Waals surface area contributed by atoms with Crippen LogP contribution in [0, 0.1) is 10.1 Å². The van der Waals surface area contributed by atoms with Gasteiger partial charge in [0.25, 0.3) is 0 Å². The van der Waals surface area contributed by atoms with Crippen molar-refractivity contribution in [3.63, 3.8) is 0 Å². The lowest BCUT2D eigenvalue weighted by Crippen LogP contribution is -2.36. The van der Waals surface area contributed by atoms with Gasteiger partial charge in [0.2, 0.25) is 0 Å². The molecule has 1 aliphatic heterocycles. The molecule has 2 rings (SSSR count). The molecule has 0 atom stereocenters. The highest BCUT2D eigenvalue weighted by molar-refractivity contribution is 5.48. The molecule has 35 heavy (non-hydrogen) atoms. The minimum absolute atomic E-state index is 0.0965. The van der Waals surface area contributed by atoms with Gasteiger partial charge >= 0.3 is 5.69 Å². The Balaban J connectivity index is 1.51. The second-order valence-electron chi connectivity index (χ2n) is 10.1. The summed E-state index contributed by atoms with van der Waals surface area (Å²) in [5.74, 6) is 0.404. The van der Waals surface area contributed by atoms with Gasteiger partial charge in [-0.2, -0.15) is 0 Å². The summed E-state index contributed by atoms with van der Waals surface area (Å²) in [6, 6.07) is 5.46. The van der Waals surface area contributed by atoms with Crippen molar-refractivity contribution in [2.24, 2.45) is 0 Å². The van der Waals surface area contributed by atoms with Crippen molar-refractivity contribution in [1.29, 1.82) is 0 Å². The van der Waals surface area contributed by atoms with Gasteiger partial charge in [-0.25, -0.2) is 0 Å². The van der Waals surface area contributed by atoms with E-state index in [9.17, 15) is 10.1 Å². The van der Waals surface area contributed by atoms with E-state index in [-0.39, 0.29) is 10.6 Å². The highest BCUT2D eigenvalue weighted by Crippen LogP contribution is 2.29. The SMILES string of the molecule is CCCCCCCCCCCCCCCCOc1ccc(CCCN2CCOCC2)cc1[N+](=O)[O-]. The molecule has 0 bridgehead atoms. The van der Waals surface area contributed by atoms with Gasteiger partial charge in [0, 0.05) is 19.2 Å². The van der Waals surface area contributed by atoms with Gasteiger partial charge in [-0.15, -0.1) is 0 Å². The van der Waals surface area contributed by atoms with Crippen molar-refractivity contribution < 1.29 is 14.4 Å². The molecule has 0 radical (unpaired) electrons. The molecule has 6 nitrogen and oxygen atoms in total. The molecule has 6 heteroatoms. The van der Waals surface area contributed by atoms with Crippen LogP contribution in [0.2, 0.25) is 0 Å². The first-order chi connectivity index (χ1) is 17.2. The van der Waals surface area contributed by atoms with Crippen LogP contribution in [-0.2, 0) is 11.2 Å². The summed E-state index contributed by atoms with van der Waals surface area (Å²) in [6.45, 7) is 7.39. The van der Waals surface area contributed by atoms with E-state index in [1.807, 2.05) is 6.07 Å². The van der Waals surface area contributed by atoms with Crippen LogP contribution in [-0.4, -0.2) is 49.3 Å². The predicted molar refractivity (Wildman–Crippen MR) is 144 cm³/mol. The molecule has 0 saturated carbocycles. The molecule has 0 spiro atoms. The number of ether oxygens (including phenoxy) is 2. The average molecular weight is 491 g/mol. The van der Waals surface area contributed by atoms with Gasteiger partial charge in [-0.3, -0.25) is 15.0 Å². The fourth-order valence-electron chi connectivity index (χ4n) is 4.79. The Bertz CT molecular complexity index is 677. The van der Waals surface area contributed by atoms with E-state index in [0.29, 0.717) is 12.4 Å². The van der Waals surface area contributed by atoms with E-state index in [4.69, 9.17) is 9.47 Å². The van der Waals surface area contributed by atoms with Gasteiger partial charge in [0.05, 0.1) is 24.7 Å². The second kappa shape index (κ2) is 19.5. The standard InChI is InChI=1S/C29H50N2O4/c1-2-3-4-5-6-7-8-9-10-11-12-13-14-15-23-35-29-19-18-27(26-28(29)31(32)33)17-16-20-30-21-24-34-25-22-30/h18-19,26H,2-17,20-25H2,1H3. The monoisotopic (exact) mass is 490 g/mol. The molecule has 0 amide bonds. The second-order valence-corrected chi connectivity index (χ2v) is 10.1. The maximum Gasteiger partial charge on any atom is 0.311 e. The summed E-state index contributed by atoms with van der Waals surface area (Å²) in [7, 11) is 0. The van der Waals surface area contributed by atoms with Crippen molar-refractivity contribution in [2.75, 3.05) is 39.5 Å². The highest BCUT2D eigenvalue weighted by Gasteiger charge is 2.16. The number of hydrogen-bond donors (Lipinski definition) is 0. The minimum Gasteiger partial charge on any atom is -0.487 e. The number of nitro benzene ring substituents is 1. The third-order valence-corrected chi connectivity index (χ3v) is 7.02. The molecule has 1 aromatic rings. The summed E-state index contributed by atoms with van der Waals surface area (Å²) in [5.41, 5.74) is 1.10. The number of unbranched alkanes of at least 4 members (excludes halogenated alkanes) is 13. The van der Waals surface area contributed by atoms with Gasteiger partial charge in [0.1, 0.15) is 0 Å². The molecule has 1 aromatic carbocycles. The van der Waals surface area contributed by atoms with Crippen LogP contribution in [0.1, 0.15) is 109 Å². The summed E-state index contributed by atoms with van der Waals surface area (Å²) in [6.07, 6.45) is 20.3. The Hall–Kier alpha value is -1.66. The van der Waals surface area contributed by atoms with Crippen molar-refractivity contribution in [2.45, 2.75) is 110 Å². The largest absolute Gasteiger partial charge is 0.487 e. The Morgan fingerprint density at radius 1 is 0.857 bits per heavy atom. The Labute approximate surface area is 213 Å². The third kappa shape index (κ3) is 13.9. The number of nitro groups is 1. The number of rotatable bonds is 21. The quantitative estimate of drug-likeness (QED) is 0.100. The molecule has 0 unspecified atom stereocenters. The predicted octanol–water partition coefficient (Wildman–Crippen LogP) is 7.72. The lowest BCUT2D eigenvalue weighted by molar-refractivity contribution is -0.385. The normalized spacial score (nSPS) is 14.3. The highest BCUT2D eigenvalue weighted by atomic mass is 16.6. The first-order valence-corrected chi connectivity index (χ1v) is 14.4. The van der Waals surface area contributed by atoms with Crippen LogP contribution in [0.5, 0.6) is 5.75 Å². The molecule has 1 fully saturated rings. The zero-order valence-corrected chi connectivity index (χ0v) is 22.3. The molecular formula is C29H50N2O4. The maximum absolute atomic E-state index is 11.6. The molecular weight excluding hydrogens is 440 g/mol. The molecule has 1 heterocycles. The first kappa shape index (κ1) is 29.6. The number of hydrogen-bond acceptors (Lipinski definition) is 5. The molecule has 0 aliphatic carbocycles. The van der Waals surface area contributed by atoms with Crippen LogP contribution in [0.3, 0.4) is 0 Å². The van der Waals surface area contributed by atoms with Gasteiger partial charge in [0.15, 0.2) is 5.75 Å². The summed E-state index contributed by atoms with van der Waals surface area (Å²) < 4.78 is 11.2. The van der Waals surface area contributed by atoms with E-state index in [1.165, 1.54) is 77.0 Å². The molecule has 200 valence electrons. The molecule has 1 aliphatic rings. The number of aryl methyl sites for hydroxylation is 1. The fraction of sp³-hybridized carbons (Fsp3) is 0.793. The van der Waals surface area contributed by atoms with Crippen molar-refractivity contribution in [3.05, 3.63) is 33.9 Å². The van der Waals surface area contributed by atoms with E-state index < -0.39 is 0 Å². The lowest BCUT2D eigenvalue weighted by Gasteiger charge is -2.26. The van der Waals surface area contributed by atoms with Crippen molar-refractivity contribution in [3.8, 4) is 5.75 Å². The topological polar surface area (TPSA) is 64.8 Å². The van der Waals surface area contributed by atoms with Gasteiger partial charge in [-0.05, 0) is 37.4 Å². The van der Waals surface area contributed by atoms with Gasteiger partial charge in [-0.1, -0.05) is 96.5 Å². The van der Waals surface area contributed by atoms with E-state index in [2.05, 4.69) is 11.8 Å². The Morgan fingerprint density at radius 2 is 1.43 bits per heavy atom. The molecule has 0 aromatic heterocycles. The lowest BCUT2D eigenvalue weighted by atomic mass is 10.0. The number of morpholine rings is 1. The van der Waals surface area contributed by atoms with E-state index >= 15 is 0 Å². The Morgan fingerprint density at radius 3 is 2.00 bits per heavy atom. The first-order valence-electron chi connectivity index (χ1n) is 14.4. The van der Waals surface area contributed by atoms with Crippen LogP contribution in [0.15, 0.2) is 18.2 Å². The number of nitrogens with zero attached hydrogens (tertiary/aromatic N) is 2. The number of benzene rings is 1. The van der Waals surface area contributed by atoms with Crippen molar-refractivity contribution in [1.82, 2.24) is 4.90 Å². The third-order valence-electron chi connectivity index (χ3n) is 7.02. The molecule has 1 saturated heterocycles. The minimum atomic E-state index is -0.313. The smallest absolute Gasteiger partial charge is 0.311 e. The van der Waals surface area contributed by atoms with Crippen LogP contribution in [0.25, 0.3) is 0 Å². The van der Waals surface area contributed by atoms with Gasteiger partial charge < -0.3 is 9.47 Å². The summed E-state index contributed by atoms with van der Waals surface area (Å²) in [4.78, 5) is 13.6. The molecule has 0 N–H and O–H groups in total. The Kier molecular flexibility index (Phi) is 16.5.